The molecule has 2 rings (SSSR count). The topological polar surface area (TPSA) is 41.1 Å². The minimum Gasteiger partial charge on any atom is -0.348 e. The molecule has 0 aliphatic carbocycles. The number of rotatable bonds is 3. The molecule has 4 heteroatoms. The molecule has 1 fully saturated rings. The molecule has 1 aliphatic rings. The van der Waals surface area contributed by atoms with Crippen LogP contribution in [0.15, 0.2) is 24.3 Å². The summed E-state index contributed by atoms with van der Waals surface area (Å²) in [5.41, 5.74) is 0.527. The van der Waals surface area contributed by atoms with Crippen molar-refractivity contribution < 1.29 is 9.18 Å². The van der Waals surface area contributed by atoms with Gasteiger partial charge in [-0.25, -0.2) is 4.39 Å². The first-order valence-electron chi connectivity index (χ1n) is 5.96. The van der Waals surface area contributed by atoms with Gasteiger partial charge in [0.25, 0.3) is 0 Å². The standard InChI is InChI=1S/C13H17FN2O/c1-9(10-5-2-3-6-11(10)14)16-13(17)12-7-4-8-15-12/h2-3,5-6,9,12,15H,4,7-8H2,1H3,(H,16,17)/t9?,12-/m0/s1. The normalized spacial score (nSPS) is 21.2. The van der Waals surface area contributed by atoms with Gasteiger partial charge in [-0.05, 0) is 32.4 Å². The van der Waals surface area contributed by atoms with Gasteiger partial charge in [-0.2, -0.15) is 0 Å². The molecule has 3 nitrogen and oxygen atoms in total. The van der Waals surface area contributed by atoms with Crippen LogP contribution in [0.1, 0.15) is 31.4 Å². The monoisotopic (exact) mass is 236 g/mol. The summed E-state index contributed by atoms with van der Waals surface area (Å²) in [4.78, 5) is 11.8. The average Bonchev–Trinajstić information content (AvgIpc) is 2.82. The molecule has 0 spiro atoms. The smallest absolute Gasteiger partial charge is 0.237 e. The van der Waals surface area contributed by atoms with Crippen LogP contribution in [0.25, 0.3) is 0 Å². The number of benzene rings is 1. The van der Waals surface area contributed by atoms with Crippen molar-refractivity contribution in [1.29, 1.82) is 0 Å². The summed E-state index contributed by atoms with van der Waals surface area (Å²) >= 11 is 0. The quantitative estimate of drug-likeness (QED) is 0.839. The van der Waals surface area contributed by atoms with E-state index in [-0.39, 0.29) is 23.8 Å². The van der Waals surface area contributed by atoms with E-state index in [9.17, 15) is 9.18 Å². The first kappa shape index (κ1) is 12.0. The fourth-order valence-electron chi connectivity index (χ4n) is 2.13. The van der Waals surface area contributed by atoms with Gasteiger partial charge in [0.2, 0.25) is 5.91 Å². The second-order valence-corrected chi connectivity index (χ2v) is 4.40. The van der Waals surface area contributed by atoms with Crippen LogP contribution in [0.2, 0.25) is 0 Å². The number of amides is 1. The molecule has 0 bridgehead atoms. The number of carbonyl (C=O) groups excluding carboxylic acids is 1. The summed E-state index contributed by atoms with van der Waals surface area (Å²) in [7, 11) is 0. The molecular weight excluding hydrogens is 219 g/mol. The Hall–Kier alpha value is -1.42. The molecule has 0 radical (unpaired) electrons. The fraction of sp³-hybridized carbons (Fsp3) is 0.462. The lowest BCUT2D eigenvalue weighted by molar-refractivity contribution is -0.123. The minimum atomic E-state index is -0.300. The number of halogens is 1. The first-order valence-corrected chi connectivity index (χ1v) is 5.96. The summed E-state index contributed by atoms with van der Waals surface area (Å²) in [6.07, 6.45) is 1.88. The van der Waals surface area contributed by atoms with Crippen molar-refractivity contribution in [2.45, 2.75) is 31.8 Å². The molecule has 1 aromatic carbocycles. The highest BCUT2D eigenvalue weighted by molar-refractivity contribution is 5.82. The Kier molecular flexibility index (Phi) is 3.74. The fourth-order valence-corrected chi connectivity index (χ4v) is 2.13. The maximum atomic E-state index is 13.5. The molecule has 2 atom stereocenters. The molecular formula is C13H17FN2O. The zero-order valence-corrected chi connectivity index (χ0v) is 9.87. The van der Waals surface area contributed by atoms with Gasteiger partial charge < -0.3 is 10.6 Å². The summed E-state index contributed by atoms with van der Waals surface area (Å²) in [5.74, 6) is -0.321. The van der Waals surface area contributed by atoms with Gasteiger partial charge in [0.05, 0.1) is 12.1 Å². The van der Waals surface area contributed by atoms with Gasteiger partial charge >= 0.3 is 0 Å². The van der Waals surface area contributed by atoms with Crippen molar-refractivity contribution in [3.05, 3.63) is 35.6 Å². The van der Waals surface area contributed by atoms with E-state index in [0.717, 1.165) is 19.4 Å². The number of hydrogen-bond donors (Lipinski definition) is 2. The molecule has 1 aliphatic heterocycles. The molecule has 92 valence electrons. The summed E-state index contributed by atoms with van der Waals surface area (Å²) in [6.45, 7) is 2.68. The largest absolute Gasteiger partial charge is 0.348 e. The third-order valence-corrected chi connectivity index (χ3v) is 3.11. The molecule has 17 heavy (non-hydrogen) atoms. The Bertz CT molecular complexity index is 402. The molecule has 2 N–H and O–H groups in total. The Morgan fingerprint density at radius 3 is 2.94 bits per heavy atom. The van der Waals surface area contributed by atoms with Crippen LogP contribution >= 0.6 is 0 Å². The molecule has 1 unspecified atom stereocenters. The van der Waals surface area contributed by atoms with Gasteiger partial charge in [0.1, 0.15) is 5.82 Å². The molecule has 1 aromatic rings. The minimum absolute atomic E-state index is 0.0433. The third-order valence-electron chi connectivity index (χ3n) is 3.11. The summed E-state index contributed by atoms with van der Waals surface area (Å²) in [5, 5.41) is 5.96. The Morgan fingerprint density at radius 2 is 2.29 bits per heavy atom. The van der Waals surface area contributed by atoms with E-state index < -0.39 is 0 Å². The number of carbonyl (C=O) groups is 1. The van der Waals surface area contributed by atoms with E-state index >= 15 is 0 Å². The third kappa shape index (κ3) is 2.82. The van der Waals surface area contributed by atoms with Crippen molar-refractivity contribution in [1.82, 2.24) is 10.6 Å². The number of nitrogens with one attached hydrogen (secondary N) is 2. The zero-order valence-electron chi connectivity index (χ0n) is 9.87. The highest BCUT2D eigenvalue weighted by Crippen LogP contribution is 2.16. The second-order valence-electron chi connectivity index (χ2n) is 4.40. The van der Waals surface area contributed by atoms with Crippen LogP contribution in [0.3, 0.4) is 0 Å². The van der Waals surface area contributed by atoms with Crippen molar-refractivity contribution in [2.75, 3.05) is 6.54 Å². The second kappa shape index (κ2) is 5.27. The maximum absolute atomic E-state index is 13.5. The van der Waals surface area contributed by atoms with E-state index in [1.54, 1.807) is 25.1 Å². The van der Waals surface area contributed by atoms with Gasteiger partial charge in [-0.3, -0.25) is 4.79 Å². The van der Waals surface area contributed by atoms with Gasteiger partial charge in [-0.15, -0.1) is 0 Å². The molecule has 0 aromatic heterocycles. The molecule has 1 saturated heterocycles. The van der Waals surface area contributed by atoms with Crippen molar-refractivity contribution in [2.24, 2.45) is 0 Å². The van der Waals surface area contributed by atoms with Crippen LogP contribution in [0.4, 0.5) is 4.39 Å². The van der Waals surface area contributed by atoms with Crippen LogP contribution in [-0.2, 0) is 4.79 Å². The first-order chi connectivity index (χ1) is 8.18. The molecule has 1 heterocycles. The van der Waals surface area contributed by atoms with Crippen LogP contribution in [0.5, 0.6) is 0 Å². The van der Waals surface area contributed by atoms with Gasteiger partial charge in [0, 0.05) is 5.56 Å². The highest BCUT2D eigenvalue weighted by Gasteiger charge is 2.23. The summed E-state index contributed by atoms with van der Waals surface area (Å²) in [6, 6.07) is 6.10. The molecule has 0 saturated carbocycles. The lowest BCUT2D eigenvalue weighted by Crippen LogP contribution is -2.41. The van der Waals surface area contributed by atoms with Crippen LogP contribution in [-0.4, -0.2) is 18.5 Å². The maximum Gasteiger partial charge on any atom is 0.237 e. The highest BCUT2D eigenvalue weighted by atomic mass is 19.1. The predicted molar refractivity (Wildman–Crippen MR) is 64.0 cm³/mol. The van der Waals surface area contributed by atoms with Crippen molar-refractivity contribution >= 4 is 5.91 Å². The Labute approximate surface area is 100 Å². The van der Waals surface area contributed by atoms with E-state index in [1.807, 2.05) is 0 Å². The summed E-state index contributed by atoms with van der Waals surface area (Å²) < 4.78 is 13.5. The zero-order chi connectivity index (χ0) is 12.3. The lowest BCUT2D eigenvalue weighted by Gasteiger charge is -2.18. The van der Waals surface area contributed by atoms with Gasteiger partial charge in [-0.1, -0.05) is 18.2 Å². The lowest BCUT2D eigenvalue weighted by atomic mass is 10.1. The van der Waals surface area contributed by atoms with Crippen molar-refractivity contribution in [3.8, 4) is 0 Å². The Morgan fingerprint density at radius 1 is 1.53 bits per heavy atom. The van der Waals surface area contributed by atoms with E-state index in [1.165, 1.54) is 6.07 Å². The number of hydrogen-bond acceptors (Lipinski definition) is 2. The van der Waals surface area contributed by atoms with Crippen LogP contribution in [0, 0.1) is 5.82 Å². The van der Waals surface area contributed by atoms with Gasteiger partial charge in [0.15, 0.2) is 0 Å². The molecule has 1 amide bonds. The average molecular weight is 236 g/mol. The Balaban J connectivity index is 1.99. The van der Waals surface area contributed by atoms with E-state index in [2.05, 4.69) is 10.6 Å². The van der Waals surface area contributed by atoms with E-state index in [0.29, 0.717) is 5.56 Å². The van der Waals surface area contributed by atoms with Crippen LogP contribution < -0.4 is 10.6 Å². The van der Waals surface area contributed by atoms with Crippen molar-refractivity contribution in [3.63, 3.8) is 0 Å². The SMILES string of the molecule is CC(NC(=O)[C@@H]1CCCN1)c1ccccc1F. The predicted octanol–water partition coefficient (Wildman–Crippen LogP) is 1.75. The van der Waals surface area contributed by atoms with E-state index in [4.69, 9.17) is 0 Å².